The quantitative estimate of drug-likeness (QED) is 0.782. The van der Waals surface area contributed by atoms with Crippen LogP contribution in [0.4, 0.5) is 5.69 Å². The van der Waals surface area contributed by atoms with E-state index in [9.17, 15) is 0 Å². The summed E-state index contributed by atoms with van der Waals surface area (Å²) in [6.07, 6.45) is 1.13. The van der Waals surface area contributed by atoms with Crippen molar-refractivity contribution in [3.8, 4) is 0 Å². The van der Waals surface area contributed by atoms with Crippen molar-refractivity contribution in [2.24, 2.45) is 0 Å². The van der Waals surface area contributed by atoms with E-state index in [0.717, 1.165) is 17.4 Å². The summed E-state index contributed by atoms with van der Waals surface area (Å²) in [5, 5.41) is 3.52. The van der Waals surface area contributed by atoms with Crippen molar-refractivity contribution in [3.05, 3.63) is 64.1 Å². The fourth-order valence-electron chi connectivity index (χ4n) is 2.17. The molecule has 2 rings (SSSR count). The first-order valence-corrected chi connectivity index (χ1v) is 7.51. The van der Waals surface area contributed by atoms with Crippen LogP contribution in [0, 0.1) is 6.92 Å². The smallest absolute Gasteiger partial charge is 0.0381 e. The minimum absolute atomic E-state index is 0.584. The van der Waals surface area contributed by atoms with Gasteiger partial charge in [-0.15, -0.1) is 0 Å². The zero-order valence-corrected chi connectivity index (χ0v) is 13.1. The lowest BCUT2D eigenvalue weighted by molar-refractivity contribution is 0.706. The summed E-state index contributed by atoms with van der Waals surface area (Å²) in [5.41, 5.74) is 3.90. The molecular weight excluding hydrogens is 298 g/mol. The second-order valence-corrected chi connectivity index (χ2v) is 5.79. The molecule has 0 heterocycles. The molecule has 0 aliphatic rings. The fraction of sp³-hybridized carbons (Fsp3) is 0.294. The molecule has 0 saturated carbocycles. The molecule has 19 heavy (non-hydrogen) atoms. The Morgan fingerprint density at radius 1 is 1.05 bits per heavy atom. The molecule has 100 valence electrons. The Morgan fingerprint density at radius 2 is 1.79 bits per heavy atom. The Hall–Kier alpha value is -1.28. The van der Waals surface area contributed by atoms with Crippen LogP contribution in [0.25, 0.3) is 0 Å². The number of halogens is 1. The minimum atomic E-state index is 0.584. The molecule has 0 bridgehead atoms. The lowest BCUT2D eigenvalue weighted by Gasteiger charge is -2.14. The summed E-state index contributed by atoms with van der Waals surface area (Å²) in [7, 11) is 0. The number of nitrogens with one attached hydrogen (secondary N) is 1. The van der Waals surface area contributed by atoms with E-state index in [-0.39, 0.29) is 0 Å². The van der Waals surface area contributed by atoms with Crippen LogP contribution in [0.3, 0.4) is 0 Å². The normalized spacial score (nSPS) is 12.2. The summed E-state index contributed by atoms with van der Waals surface area (Å²) in [6.45, 7) is 5.41. The van der Waals surface area contributed by atoms with Crippen LogP contribution in [0.15, 0.2) is 53.0 Å². The molecule has 0 spiro atoms. The van der Waals surface area contributed by atoms with Crippen molar-refractivity contribution < 1.29 is 0 Å². The first-order valence-electron chi connectivity index (χ1n) is 6.72. The molecule has 0 saturated heterocycles. The molecule has 0 aromatic heterocycles. The van der Waals surface area contributed by atoms with Gasteiger partial charge >= 0.3 is 0 Å². The van der Waals surface area contributed by atoms with Crippen molar-refractivity contribution in [1.82, 2.24) is 0 Å². The van der Waals surface area contributed by atoms with E-state index in [0.29, 0.717) is 5.92 Å². The van der Waals surface area contributed by atoms with Crippen molar-refractivity contribution in [1.29, 1.82) is 0 Å². The third kappa shape index (κ3) is 3.84. The highest BCUT2D eigenvalue weighted by Gasteiger charge is 2.05. The average Bonchev–Trinajstić information content (AvgIpc) is 2.44. The number of anilines is 1. The van der Waals surface area contributed by atoms with Gasteiger partial charge in [-0.25, -0.2) is 0 Å². The van der Waals surface area contributed by atoms with Gasteiger partial charge in [-0.05, 0) is 42.5 Å². The van der Waals surface area contributed by atoms with Gasteiger partial charge in [-0.2, -0.15) is 0 Å². The second kappa shape index (κ2) is 6.76. The van der Waals surface area contributed by atoms with E-state index in [1.54, 1.807) is 0 Å². The number of hydrogen-bond donors (Lipinski definition) is 1. The Kier molecular flexibility index (Phi) is 5.03. The second-order valence-electron chi connectivity index (χ2n) is 4.94. The van der Waals surface area contributed by atoms with E-state index >= 15 is 0 Å². The van der Waals surface area contributed by atoms with Crippen LogP contribution < -0.4 is 5.32 Å². The molecule has 0 amide bonds. The lowest BCUT2D eigenvalue weighted by Crippen LogP contribution is -2.07. The molecular formula is C17H20BrN. The summed E-state index contributed by atoms with van der Waals surface area (Å²) < 4.78 is 1.16. The molecule has 1 unspecified atom stereocenters. The predicted octanol–water partition coefficient (Wildman–Crippen LogP) is 5.36. The van der Waals surface area contributed by atoms with Crippen LogP contribution in [0.5, 0.6) is 0 Å². The predicted molar refractivity (Wildman–Crippen MR) is 86.8 cm³/mol. The molecule has 0 fully saturated rings. The molecule has 0 aliphatic carbocycles. The van der Waals surface area contributed by atoms with Crippen LogP contribution in [-0.2, 0) is 0 Å². The van der Waals surface area contributed by atoms with E-state index in [4.69, 9.17) is 0 Å². The van der Waals surface area contributed by atoms with Gasteiger partial charge in [0.2, 0.25) is 0 Å². The van der Waals surface area contributed by atoms with Gasteiger partial charge in [0, 0.05) is 16.7 Å². The highest BCUT2D eigenvalue weighted by molar-refractivity contribution is 9.10. The van der Waals surface area contributed by atoms with Crippen LogP contribution >= 0.6 is 15.9 Å². The van der Waals surface area contributed by atoms with Gasteiger partial charge < -0.3 is 5.32 Å². The van der Waals surface area contributed by atoms with Crippen LogP contribution in [0.2, 0.25) is 0 Å². The molecule has 2 aromatic rings. The van der Waals surface area contributed by atoms with Crippen molar-refractivity contribution in [2.45, 2.75) is 26.2 Å². The molecule has 0 aliphatic heterocycles. The van der Waals surface area contributed by atoms with E-state index < -0.39 is 0 Å². The fourth-order valence-corrected chi connectivity index (χ4v) is 2.54. The molecule has 1 atom stereocenters. The number of rotatable bonds is 5. The van der Waals surface area contributed by atoms with Crippen LogP contribution in [0.1, 0.15) is 30.4 Å². The summed E-state index contributed by atoms with van der Waals surface area (Å²) in [5.74, 6) is 0.584. The van der Waals surface area contributed by atoms with Gasteiger partial charge in [0.15, 0.2) is 0 Å². The van der Waals surface area contributed by atoms with E-state index in [1.165, 1.54) is 16.8 Å². The average molecular weight is 318 g/mol. The largest absolute Gasteiger partial charge is 0.385 e. The molecule has 2 heteroatoms. The molecule has 1 N–H and O–H groups in total. The lowest BCUT2D eigenvalue weighted by atomic mass is 9.98. The van der Waals surface area contributed by atoms with Crippen LogP contribution in [-0.4, -0.2) is 6.54 Å². The maximum absolute atomic E-state index is 3.56. The van der Waals surface area contributed by atoms with Gasteiger partial charge in [0.25, 0.3) is 0 Å². The Balaban J connectivity index is 1.88. The monoisotopic (exact) mass is 317 g/mol. The first-order chi connectivity index (χ1) is 9.18. The highest BCUT2D eigenvalue weighted by atomic mass is 79.9. The maximum Gasteiger partial charge on any atom is 0.0381 e. The maximum atomic E-state index is 3.56. The standard InChI is InChI=1S/C17H20BrN/c1-13(15-7-4-3-5-8-15)11-12-19-17-10-6-9-16(18)14(17)2/h3-10,13,19H,11-12H2,1-2H3. The van der Waals surface area contributed by atoms with Crippen molar-refractivity contribution in [2.75, 3.05) is 11.9 Å². The van der Waals surface area contributed by atoms with Crippen molar-refractivity contribution >= 4 is 21.6 Å². The topological polar surface area (TPSA) is 12.0 Å². The third-order valence-electron chi connectivity index (χ3n) is 3.53. The molecule has 0 radical (unpaired) electrons. The third-order valence-corrected chi connectivity index (χ3v) is 4.39. The zero-order chi connectivity index (χ0) is 13.7. The van der Waals surface area contributed by atoms with Crippen molar-refractivity contribution in [3.63, 3.8) is 0 Å². The zero-order valence-electron chi connectivity index (χ0n) is 11.5. The van der Waals surface area contributed by atoms with Gasteiger partial charge in [-0.3, -0.25) is 0 Å². The summed E-state index contributed by atoms with van der Waals surface area (Å²) in [6, 6.07) is 17.0. The van der Waals surface area contributed by atoms with E-state index in [2.05, 4.69) is 83.6 Å². The minimum Gasteiger partial charge on any atom is -0.385 e. The first kappa shape index (κ1) is 14.1. The summed E-state index contributed by atoms with van der Waals surface area (Å²) >= 11 is 3.56. The Bertz CT molecular complexity index is 522. The number of benzene rings is 2. The Morgan fingerprint density at radius 3 is 2.53 bits per heavy atom. The molecule has 2 aromatic carbocycles. The van der Waals surface area contributed by atoms with Gasteiger partial charge in [-0.1, -0.05) is 59.3 Å². The SMILES string of the molecule is Cc1c(Br)cccc1NCCC(C)c1ccccc1. The number of hydrogen-bond acceptors (Lipinski definition) is 1. The molecule has 1 nitrogen and oxygen atoms in total. The van der Waals surface area contributed by atoms with E-state index in [1.807, 2.05) is 0 Å². The Labute approximate surface area is 124 Å². The van der Waals surface area contributed by atoms with Gasteiger partial charge in [0.1, 0.15) is 0 Å². The summed E-state index contributed by atoms with van der Waals surface area (Å²) in [4.78, 5) is 0. The van der Waals surface area contributed by atoms with Gasteiger partial charge in [0.05, 0.1) is 0 Å². The highest BCUT2D eigenvalue weighted by Crippen LogP contribution is 2.24.